The van der Waals surface area contributed by atoms with Gasteiger partial charge in [-0.25, -0.2) is 4.79 Å². The van der Waals surface area contributed by atoms with Gasteiger partial charge in [0.1, 0.15) is 11.1 Å². The number of aliphatic carboxylic acids is 1. The molecule has 0 aromatic heterocycles. The first-order chi connectivity index (χ1) is 9.29. The third-order valence-corrected chi connectivity index (χ3v) is 4.67. The second kappa shape index (κ2) is 4.46. The van der Waals surface area contributed by atoms with E-state index in [1.54, 1.807) is 0 Å². The van der Waals surface area contributed by atoms with Crippen LogP contribution in [0.15, 0.2) is 29.1 Å². The average Bonchev–Trinajstić information content (AvgIpc) is 2.37. The Hall–Kier alpha value is -2.13. The Labute approximate surface area is 117 Å². The summed E-state index contributed by atoms with van der Waals surface area (Å²) in [5.74, 6) is -2.65. The number of carboxylic acids is 1. The molecule has 0 bridgehead atoms. The zero-order chi connectivity index (χ0) is 15.2. The number of carbonyl (C=O) groups is 3. The summed E-state index contributed by atoms with van der Waals surface area (Å²) in [4.78, 5) is 34.2. The average molecular weight is 297 g/mol. The normalized spacial score (nSPS) is 30.9. The molecule has 2 aliphatic heterocycles. The molecule has 2 heterocycles. The summed E-state index contributed by atoms with van der Waals surface area (Å²) in [7, 11) is 0. The van der Waals surface area contributed by atoms with Crippen LogP contribution in [-0.2, 0) is 14.4 Å². The van der Waals surface area contributed by atoms with E-state index in [4.69, 9.17) is 10.9 Å². The number of carboxylic acid groups (broad SMARTS) is 1. The van der Waals surface area contributed by atoms with Crippen LogP contribution in [0.3, 0.4) is 0 Å². The molecule has 0 radical (unpaired) electrons. The lowest BCUT2D eigenvalue weighted by Crippen LogP contribution is -2.67. The number of rotatable bonds is 3. The van der Waals surface area contributed by atoms with E-state index in [2.05, 4.69) is 11.7 Å². The molecule has 1 amide bonds. The number of hydrogen-bond acceptors (Lipinski definition) is 7. The summed E-state index contributed by atoms with van der Waals surface area (Å²) in [6, 6.07) is 0. The predicted molar refractivity (Wildman–Crippen MR) is 69.9 cm³/mol. The summed E-state index contributed by atoms with van der Waals surface area (Å²) in [6.07, 6.45) is 1.15. The molecule has 0 aliphatic carbocycles. The van der Waals surface area contributed by atoms with Crippen LogP contribution in [0.25, 0.3) is 0 Å². The number of carbonyl (C=O) groups excluding carboxylic acids is 2. The smallest absolute Gasteiger partial charge is 0.353 e. The van der Waals surface area contributed by atoms with Gasteiger partial charge in [-0.15, -0.1) is 0 Å². The standard InChI is InChI=1S/C11H11N3O5S/c1-3-5-7(10(17)18)14-8(16)6(13-19)9(14)20-11(5,12)4(2)15/h3,9,19H,1,12H2,2H3,(H,17,18). The van der Waals surface area contributed by atoms with Crippen LogP contribution in [0.1, 0.15) is 6.92 Å². The van der Waals surface area contributed by atoms with Crippen LogP contribution >= 0.6 is 11.8 Å². The summed E-state index contributed by atoms with van der Waals surface area (Å²) >= 11 is 0.832. The van der Waals surface area contributed by atoms with Crippen molar-refractivity contribution >= 4 is 35.1 Å². The van der Waals surface area contributed by atoms with E-state index < -0.39 is 33.6 Å². The molecule has 0 spiro atoms. The fourth-order valence-electron chi connectivity index (χ4n) is 2.10. The van der Waals surface area contributed by atoms with Crippen LogP contribution in [0, 0.1) is 0 Å². The Bertz CT molecular complexity index is 611. The van der Waals surface area contributed by atoms with Gasteiger partial charge >= 0.3 is 5.97 Å². The minimum atomic E-state index is -1.66. The Morgan fingerprint density at radius 3 is 2.60 bits per heavy atom. The molecule has 2 rings (SSSR count). The number of oxime groups is 1. The third kappa shape index (κ3) is 1.60. The number of nitrogens with zero attached hydrogens (tertiary/aromatic N) is 2. The monoisotopic (exact) mass is 297 g/mol. The van der Waals surface area contributed by atoms with Crippen molar-refractivity contribution in [2.75, 3.05) is 0 Å². The number of ketones is 1. The maximum Gasteiger partial charge on any atom is 0.353 e. The maximum absolute atomic E-state index is 11.8. The number of fused-ring (bicyclic) bond motifs is 1. The lowest BCUT2D eigenvalue weighted by atomic mass is 9.97. The van der Waals surface area contributed by atoms with E-state index in [-0.39, 0.29) is 11.3 Å². The van der Waals surface area contributed by atoms with Gasteiger partial charge in [0.25, 0.3) is 5.91 Å². The van der Waals surface area contributed by atoms with Gasteiger partial charge in [-0.3, -0.25) is 14.5 Å². The molecule has 9 heteroatoms. The number of Topliss-reactive ketones (excluding diaryl/α,β-unsaturated/α-hetero) is 1. The molecule has 0 saturated carbocycles. The molecular weight excluding hydrogens is 286 g/mol. The van der Waals surface area contributed by atoms with Crippen molar-refractivity contribution in [1.29, 1.82) is 0 Å². The first-order valence-corrected chi connectivity index (χ1v) is 6.31. The topological polar surface area (TPSA) is 133 Å². The maximum atomic E-state index is 11.8. The summed E-state index contributed by atoms with van der Waals surface area (Å²) in [5, 5.41) is 20.0. The predicted octanol–water partition coefficient (Wildman–Crippen LogP) is -0.500. The van der Waals surface area contributed by atoms with Gasteiger partial charge < -0.3 is 16.0 Å². The minimum absolute atomic E-state index is 0.0518. The van der Waals surface area contributed by atoms with E-state index in [1.807, 2.05) is 0 Å². The van der Waals surface area contributed by atoms with Crippen LogP contribution in [0.2, 0.25) is 0 Å². The van der Waals surface area contributed by atoms with Crippen molar-refractivity contribution in [2.45, 2.75) is 17.2 Å². The largest absolute Gasteiger partial charge is 0.477 e. The van der Waals surface area contributed by atoms with Crippen molar-refractivity contribution in [1.82, 2.24) is 4.90 Å². The van der Waals surface area contributed by atoms with Gasteiger partial charge in [0.2, 0.25) is 0 Å². The highest BCUT2D eigenvalue weighted by Gasteiger charge is 2.58. The van der Waals surface area contributed by atoms with Crippen molar-refractivity contribution < 1.29 is 24.7 Å². The summed E-state index contributed by atoms with van der Waals surface area (Å²) in [5.41, 5.74) is 5.27. The Morgan fingerprint density at radius 1 is 1.60 bits per heavy atom. The van der Waals surface area contributed by atoms with Gasteiger partial charge in [-0.05, 0) is 6.92 Å². The molecule has 0 aromatic carbocycles. The molecular formula is C11H11N3O5S. The molecule has 2 unspecified atom stereocenters. The fraction of sp³-hybridized carbons (Fsp3) is 0.273. The molecule has 2 atom stereocenters. The molecule has 1 fully saturated rings. The van der Waals surface area contributed by atoms with Gasteiger partial charge in [0.15, 0.2) is 16.4 Å². The zero-order valence-corrected chi connectivity index (χ0v) is 11.2. The van der Waals surface area contributed by atoms with Crippen molar-refractivity contribution in [2.24, 2.45) is 10.9 Å². The Kier molecular flexibility index (Phi) is 3.18. The van der Waals surface area contributed by atoms with Crippen molar-refractivity contribution in [3.63, 3.8) is 0 Å². The highest BCUT2D eigenvalue weighted by Crippen LogP contribution is 2.47. The first-order valence-electron chi connectivity index (χ1n) is 5.43. The van der Waals surface area contributed by atoms with Gasteiger partial charge in [-0.2, -0.15) is 0 Å². The zero-order valence-electron chi connectivity index (χ0n) is 10.4. The molecule has 106 valence electrons. The van der Waals surface area contributed by atoms with Crippen LogP contribution in [0.4, 0.5) is 0 Å². The molecule has 1 saturated heterocycles. The third-order valence-electron chi connectivity index (χ3n) is 3.14. The summed E-state index contributed by atoms with van der Waals surface area (Å²) in [6.45, 7) is 4.67. The van der Waals surface area contributed by atoms with Crippen LogP contribution in [-0.4, -0.2) is 48.8 Å². The second-order valence-corrected chi connectivity index (χ2v) is 5.52. The van der Waals surface area contributed by atoms with Crippen LogP contribution in [0.5, 0.6) is 0 Å². The summed E-state index contributed by atoms with van der Waals surface area (Å²) < 4.78 is 0. The van der Waals surface area contributed by atoms with Gasteiger partial charge in [0, 0.05) is 5.57 Å². The Balaban J connectivity index is 2.70. The van der Waals surface area contributed by atoms with E-state index in [0.29, 0.717) is 0 Å². The number of β-lactam (4-membered cyclic amide) rings is 1. The number of thioether (sulfide) groups is 1. The Morgan fingerprint density at radius 2 is 2.20 bits per heavy atom. The van der Waals surface area contributed by atoms with Crippen molar-refractivity contribution in [3.05, 3.63) is 23.9 Å². The highest BCUT2D eigenvalue weighted by atomic mass is 32.2. The fourth-order valence-corrected chi connectivity index (χ4v) is 3.49. The van der Waals surface area contributed by atoms with E-state index >= 15 is 0 Å². The number of nitrogens with two attached hydrogens (primary N) is 1. The lowest BCUT2D eigenvalue weighted by molar-refractivity contribution is -0.139. The van der Waals surface area contributed by atoms with Gasteiger partial charge in [0.05, 0.1) is 0 Å². The van der Waals surface area contributed by atoms with E-state index in [0.717, 1.165) is 22.7 Å². The van der Waals surface area contributed by atoms with Gasteiger partial charge in [-0.1, -0.05) is 29.6 Å². The lowest BCUT2D eigenvalue weighted by Gasteiger charge is -2.48. The molecule has 20 heavy (non-hydrogen) atoms. The number of amides is 1. The van der Waals surface area contributed by atoms with Crippen LogP contribution < -0.4 is 5.73 Å². The number of hydrogen-bond donors (Lipinski definition) is 3. The SMILES string of the molecule is C=CC1=C(C(=O)O)N2C(=O)C(=NO)C2SC1(N)C(C)=O. The van der Waals surface area contributed by atoms with E-state index in [1.165, 1.54) is 6.92 Å². The molecule has 4 N–H and O–H groups in total. The molecule has 8 nitrogen and oxygen atoms in total. The molecule has 2 aliphatic rings. The quantitative estimate of drug-likeness (QED) is 0.363. The highest BCUT2D eigenvalue weighted by molar-refractivity contribution is 8.03. The first kappa shape index (κ1) is 14.3. The van der Waals surface area contributed by atoms with Crippen molar-refractivity contribution in [3.8, 4) is 0 Å². The van der Waals surface area contributed by atoms with E-state index in [9.17, 15) is 19.5 Å². The minimum Gasteiger partial charge on any atom is -0.477 e. The molecule has 0 aromatic rings. The second-order valence-electron chi connectivity index (χ2n) is 4.19.